The van der Waals surface area contributed by atoms with E-state index in [0.717, 1.165) is 18.2 Å². The van der Waals surface area contributed by atoms with Gasteiger partial charge in [-0.05, 0) is 24.5 Å². The minimum absolute atomic E-state index is 0.126. The molecule has 3 rings (SSSR count). The number of Topliss-reactive ketones (excluding diaryl/α,β-unsaturated/α-hetero) is 1. The highest BCUT2D eigenvalue weighted by atomic mass is 19.4. The number of halogens is 6. The van der Waals surface area contributed by atoms with Gasteiger partial charge in [-0.25, -0.2) is 0 Å². The van der Waals surface area contributed by atoms with Crippen molar-refractivity contribution in [3.8, 4) is 0 Å². The highest BCUT2D eigenvalue weighted by Gasteiger charge is 2.69. The lowest BCUT2D eigenvalue weighted by Crippen LogP contribution is -2.55. The zero-order chi connectivity index (χ0) is 20.2. The lowest BCUT2D eigenvalue weighted by atomic mass is 9.85. The van der Waals surface area contributed by atoms with Crippen LogP contribution in [0.5, 0.6) is 0 Å². The second-order valence-electron chi connectivity index (χ2n) is 6.35. The number of alkyl halides is 6. The number of carbonyl (C=O) groups is 2. The van der Waals surface area contributed by atoms with E-state index in [9.17, 15) is 41.0 Å². The highest BCUT2D eigenvalue weighted by molar-refractivity contribution is 6.11. The van der Waals surface area contributed by atoms with E-state index >= 15 is 0 Å². The standard InChI is InChI=1S/C17H13F6NO3/c18-16(19,20)10-5-2-1-4-9(10)8-24-11-6-3-7-12(25)13(11)15(27,14(24)26)17(21,22)23/h1-2,4-5,27H,3,6-8H2. The number of hydrogen-bond acceptors (Lipinski definition) is 3. The predicted molar refractivity (Wildman–Crippen MR) is 78.9 cm³/mol. The number of nitrogens with zero attached hydrogens (tertiary/aromatic N) is 1. The lowest BCUT2D eigenvalue weighted by Gasteiger charge is -2.27. The van der Waals surface area contributed by atoms with Gasteiger partial charge in [0.15, 0.2) is 5.78 Å². The molecule has 1 heterocycles. The van der Waals surface area contributed by atoms with Crippen LogP contribution in [-0.4, -0.2) is 33.5 Å². The third kappa shape index (κ3) is 2.91. The normalized spacial score (nSPS) is 23.9. The van der Waals surface area contributed by atoms with Crippen molar-refractivity contribution in [3.63, 3.8) is 0 Å². The molecule has 1 aromatic carbocycles. The summed E-state index contributed by atoms with van der Waals surface area (Å²) in [5.74, 6) is -2.89. The summed E-state index contributed by atoms with van der Waals surface area (Å²) in [5.41, 5.74) is -7.02. The van der Waals surface area contributed by atoms with Gasteiger partial charge in [0.25, 0.3) is 11.5 Å². The summed E-state index contributed by atoms with van der Waals surface area (Å²) >= 11 is 0. The van der Waals surface area contributed by atoms with Crippen LogP contribution in [0.1, 0.15) is 30.4 Å². The Hall–Kier alpha value is -2.36. The van der Waals surface area contributed by atoms with Gasteiger partial charge in [0, 0.05) is 12.1 Å². The number of amides is 1. The molecule has 1 N–H and O–H groups in total. The number of allylic oxidation sites excluding steroid dienone is 1. The number of ketones is 1. The fourth-order valence-electron chi connectivity index (χ4n) is 3.47. The van der Waals surface area contributed by atoms with E-state index in [-0.39, 0.29) is 25.0 Å². The monoisotopic (exact) mass is 393 g/mol. The maximum Gasteiger partial charge on any atom is 0.430 e. The molecule has 1 aliphatic heterocycles. The van der Waals surface area contributed by atoms with Crippen molar-refractivity contribution in [1.82, 2.24) is 4.90 Å². The molecule has 0 fully saturated rings. The summed E-state index contributed by atoms with van der Waals surface area (Å²) in [6.45, 7) is -0.834. The topological polar surface area (TPSA) is 57.6 Å². The molecule has 1 aliphatic carbocycles. The summed E-state index contributed by atoms with van der Waals surface area (Å²) in [6, 6.07) is 4.14. The molecule has 0 bridgehead atoms. The maximum atomic E-state index is 13.5. The second-order valence-corrected chi connectivity index (χ2v) is 6.35. The van der Waals surface area contributed by atoms with E-state index in [4.69, 9.17) is 0 Å². The van der Waals surface area contributed by atoms with Crippen molar-refractivity contribution in [3.05, 3.63) is 46.7 Å². The Balaban J connectivity index is 2.11. The molecule has 2 aliphatic rings. The Kier molecular flexibility index (Phi) is 4.37. The molecule has 1 unspecified atom stereocenters. The van der Waals surface area contributed by atoms with Crippen LogP contribution in [0.2, 0.25) is 0 Å². The van der Waals surface area contributed by atoms with Gasteiger partial charge >= 0.3 is 12.4 Å². The van der Waals surface area contributed by atoms with Crippen molar-refractivity contribution in [1.29, 1.82) is 0 Å². The first-order chi connectivity index (χ1) is 12.4. The van der Waals surface area contributed by atoms with E-state index in [0.29, 0.717) is 4.90 Å². The molecule has 1 aromatic rings. The van der Waals surface area contributed by atoms with Gasteiger partial charge in [0.2, 0.25) is 0 Å². The molecule has 1 atom stereocenters. The van der Waals surface area contributed by atoms with Gasteiger partial charge in [0.05, 0.1) is 17.7 Å². The van der Waals surface area contributed by atoms with Gasteiger partial charge in [-0.1, -0.05) is 18.2 Å². The Morgan fingerprint density at radius 1 is 1.04 bits per heavy atom. The van der Waals surface area contributed by atoms with Gasteiger partial charge in [-0.3, -0.25) is 9.59 Å². The molecule has 27 heavy (non-hydrogen) atoms. The number of hydrogen-bond donors (Lipinski definition) is 1. The molecule has 1 amide bonds. The number of carbonyl (C=O) groups excluding carboxylic acids is 2. The molecule has 0 saturated carbocycles. The Labute approximate surface area is 149 Å². The highest BCUT2D eigenvalue weighted by Crippen LogP contribution is 2.48. The molecule has 0 spiro atoms. The van der Waals surface area contributed by atoms with Crippen LogP contribution in [0, 0.1) is 0 Å². The number of rotatable bonds is 2. The number of benzene rings is 1. The minimum Gasteiger partial charge on any atom is -0.368 e. The third-order valence-corrected chi connectivity index (χ3v) is 4.69. The third-order valence-electron chi connectivity index (χ3n) is 4.69. The van der Waals surface area contributed by atoms with Crippen LogP contribution < -0.4 is 0 Å². The summed E-state index contributed by atoms with van der Waals surface area (Å²) in [4.78, 5) is 24.9. The molecule has 0 radical (unpaired) electrons. The van der Waals surface area contributed by atoms with Crippen LogP contribution in [0.3, 0.4) is 0 Å². The molecule has 0 saturated heterocycles. The van der Waals surface area contributed by atoms with Crippen molar-refractivity contribution in [2.75, 3.05) is 0 Å². The van der Waals surface area contributed by atoms with E-state index in [1.54, 1.807) is 0 Å². The SMILES string of the molecule is O=C1CCCC2=C1C(O)(C(F)(F)F)C(=O)N2Cc1ccccc1C(F)(F)F. The molecule has 10 heteroatoms. The van der Waals surface area contributed by atoms with E-state index in [1.165, 1.54) is 6.07 Å². The zero-order valence-corrected chi connectivity index (χ0v) is 13.6. The first-order valence-corrected chi connectivity index (χ1v) is 7.92. The fourth-order valence-corrected chi connectivity index (χ4v) is 3.47. The zero-order valence-electron chi connectivity index (χ0n) is 13.6. The average molecular weight is 393 g/mol. The van der Waals surface area contributed by atoms with Crippen LogP contribution in [0.25, 0.3) is 0 Å². The summed E-state index contributed by atoms with van der Waals surface area (Å²) < 4.78 is 79.8. The van der Waals surface area contributed by atoms with Crippen LogP contribution >= 0.6 is 0 Å². The van der Waals surface area contributed by atoms with Gasteiger partial charge in [-0.15, -0.1) is 0 Å². The molecule has 146 valence electrons. The summed E-state index contributed by atoms with van der Waals surface area (Å²) in [5, 5.41) is 10.1. The fraction of sp³-hybridized carbons (Fsp3) is 0.412. The van der Waals surface area contributed by atoms with Gasteiger partial charge < -0.3 is 10.0 Å². The van der Waals surface area contributed by atoms with E-state index < -0.39 is 52.9 Å². The second kappa shape index (κ2) is 6.08. The molecule has 4 nitrogen and oxygen atoms in total. The van der Waals surface area contributed by atoms with Crippen LogP contribution in [0.4, 0.5) is 26.3 Å². The maximum absolute atomic E-state index is 13.5. The summed E-state index contributed by atoms with van der Waals surface area (Å²) in [6.07, 6.45) is -10.5. The minimum atomic E-state index is -5.48. The van der Waals surface area contributed by atoms with Crippen molar-refractivity contribution >= 4 is 11.7 Å². The quantitative estimate of drug-likeness (QED) is 0.785. The lowest BCUT2D eigenvalue weighted by molar-refractivity contribution is -0.238. The predicted octanol–water partition coefficient (Wildman–Crippen LogP) is 3.35. The van der Waals surface area contributed by atoms with Crippen LogP contribution in [0.15, 0.2) is 35.5 Å². The first-order valence-electron chi connectivity index (χ1n) is 7.92. The van der Waals surface area contributed by atoms with E-state index in [1.807, 2.05) is 0 Å². The average Bonchev–Trinajstić information content (AvgIpc) is 2.78. The molecular formula is C17H13F6NO3. The molecule has 0 aromatic heterocycles. The Morgan fingerprint density at radius 2 is 1.67 bits per heavy atom. The Morgan fingerprint density at radius 3 is 2.26 bits per heavy atom. The Bertz CT molecular complexity index is 842. The largest absolute Gasteiger partial charge is 0.430 e. The number of aliphatic hydroxyl groups is 1. The van der Waals surface area contributed by atoms with Crippen molar-refractivity contribution < 1.29 is 41.0 Å². The van der Waals surface area contributed by atoms with Crippen molar-refractivity contribution in [2.24, 2.45) is 0 Å². The van der Waals surface area contributed by atoms with Crippen molar-refractivity contribution in [2.45, 2.75) is 43.8 Å². The van der Waals surface area contributed by atoms with Gasteiger partial charge in [0.1, 0.15) is 0 Å². The van der Waals surface area contributed by atoms with Gasteiger partial charge in [-0.2, -0.15) is 26.3 Å². The van der Waals surface area contributed by atoms with Crippen LogP contribution in [-0.2, 0) is 22.3 Å². The summed E-state index contributed by atoms with van der Waals surface area (Å²) in [7, 11) is 0. The molecular weight excluding hydrogens is 380 g/mol. The smallest absolute Gasteiger partial charge is 0.368 e. The van der Waals surface area contributed by atoms with E-state index in [2.05, 4.69) is 0 Å². The first kappa shape index (κ1) is 19.4.